The van der Waals surface area contributed by atoms with Crippen molar-refractivity contribution in [1.82, 2.24) is 20.2 Å². The molecule has 0 radical (unpaired) electrons. The Morgan fingerprint density at radius 3 is 2.36 bits per heavy atom. The first-order valence-electron chi connectivity index (χ1n) is 18.7. The van der Waals surface area contributed by atoms with Crippen molar-refractivity contribution in [1.29, 1.82) is 0 Å². The van der Waals surface area contributed by atoms with Crippen molar-refractivity contribution in [2.45, 2.75) is 87.4 Å². The first-order chi connectivity index (χ1) is 25.6. The maximum atomic E-state index is 15.4. The maximum Gasteiger partial charge on any atom is 0.327 e. The van der Waals surface area contributed by atoms with E-state index in [-0.39, 0.29) is 50.3 Å². The zero-order valence-corrected chi connectivity index (χ0v) is 30.4. The summed E-state index contributed by atoms with van der Waals surface area (Å²) in [5.41, 5.74) is 0.982. The Bertz CT molecular complexity index is 1770. The summed E-state index contributed by atoms with van der Waals surface area (Å²) in [5.74, 6) is -1.88. The fourth-order valence-electron chi connectivity index (χ4n) is 8.95. The minimum atomic E-state index is -1.45. The zero-order chi connectivity index (χ0) is 37.1. The van der Waals surface area contributed by atoms with Gasteiger partial charge in [0.1, 0.15) is 35.9 Å². The van der Waals surface area contributed by atoms with Crippen molar-refractivity contribution in [2.75, 3.05) is 34.3 Å². The number of rotatable bonds is 13. The van der Waals surface area contributed by atoms with Gasteiger partial charge in [0.15, 0.2) is 11.8 Å². The van der Waals surface area contributed by atoms with Gasteiger partial charge in [-0.2, -0.15) is 5.06 Å². The van der Waals surface area contributed by atoms with Crippen molar-refractivity contribution in [2.24, 2.45) is 17.3 Å². The molecule has 3 saturated heterocycles. The molecule has 6 fully saturated rings. The van der Waals surface area contributed by atoms with Crippen LogP contribution in [-0.2, 0) is 51.2 Å². The summed E-state index contributed by atoms with van der Waals surface area (Å²) in [7, 11) is 4.97. The Morgan fingerprint density at radius 2 is 1.68 bits per heavy atom. The minimum absolute atomic E-state index is 0.0325. The molecule has 0 aromatic heterocycles. The van der Waals surface area contributed by atoms with Gasteiger partial charge < -0.3 is 34.4 Å². The summed E-state index contributed by atoms with van der Waals surface area (Å²) in [6, 6.07) is 14.9. The number of likely N-dealkylation sites (N-methyl/N-ethyl adjacent to an activating group) is 2. The Labute approximate surface area is 309 Å². The van der Waals surface area contributed by atoms with Crippen LogP contribution in [0.3, 0.4) is 0 Å². The molecule has 7 atom stereocenters. The molecule has 3 aliphatic heterocycles. The number of benzene rings is 2. The third kappa shape index (κ3) is 6.35. The summed E-state index contributed by atoms with van der Waals surface area (Å²) in [5, 5.41) is 13.8. The number of esters is 1. The average Bonchev–Trinajstić information content (AvgIpc) is 4.11. The van der Waals surface area contributed by atoms with E-state index in [1.807, 2.05) is 54.6 Å². The van der Waals surface area contributed by atoms with Gasteiger partial charge in [-0.05, 0) is 48.4 Å². The highest BCUT2D eigenvalue weighted by Gasteiger charge is 2.78. The van der Waals surface area contributed by atoms with Crippen LogP contribution in [0.5, 0.6) is 0 Å². The van der Waals surface area contributed by atoms with Gasteiger partial charge >= 0.3 is 5.97 Å². The van der Waals surface area contributed by atoms with Crippen LogP contribution in [0, 0.1) is 17.3 Å². The van der Waals surface area contributed by atoms with Gasteiger partial charge in [-0.1, -0.05) is 54.6 Å². The van der Waals surface area contributed by atoms with Crippen LogP contribution in [-0.4, -0.2) is 120 Å². The first-order valence-corrected chi connectivity index (χ1v) is 18.7. The molecule has 13 heteroatoms. The van der Waals surface area contributed by atoms with Crippen LogP contribution in [0.1, 0.15) is 48.8 Å². The quantitative estimate of drug-likeness (QED) is 0.232. The van der Waals surface area contributed by atoms with Crippen LogP contribution >= 0.6 is 0 Å². The number of carbonyl (C=O) groups excluding carboxylic acids is 4. The van der Waals surface area contributed by atoms with Crippen LogP contribution in [0.15, 0.2) is 60.7 Å². The number of aliphatic hydroxyl groups is 1. The average molecular weight is 729 g/mol. The Hall–Kier alpha value is -4.14. The summed E-state index contributed by atoms with van der Waals surface area (Å²) in [6.45, 7) is -0.0776. The number of fused-ring (bicyclic) bond motifs is 4. The third-order valence-electron chi connectivity index (χ3n) is 11.8. The fraction of sp³-hybridized carbons (Fsp3) is 0.550. The molecule has 3 aliphatic carbocycles. The SMILES string of the molecule is CN(C)C(=O)C=Cc1cccc(CN2O[C@@H]3[C@H]4OC(C5CC5)(C5CC5)O[C@H]4[C@@H]4C[C@]3(C(=O)N(C)[C@H](Cc3ccccc3)C(=O)NCCO)[C@@H]2C(=O)O4)c1. The molecule has 3 saturated carbocycles. The highest BCUT2D eigenvalue weighted by molar-refractivity contribution is 5.96. The Kier molecular flexibility index (Phi) is 9.43. The minimum Gasteiger partial charge on any atom is -0.458 e. The van der Waals surface area contributed by atoms with E-state index in [9.17, 15) is 19.5 Å². The Balaban J connectivity index is 1.16. The van der Waals surface area contributed by atoms with Crippen molar-refractivity contribution in [3.05, 3.63) is 77.4 Å². The Morgan fingerprint density at radius 1 is 0.981 bits per heavy atom. The topological polar surface area (TPSA) is 147 Å². The fourth-order valence-corrected chi connectivity index (χ4v) is 8.95. The van der Waals surface area contributed by atoms with Gasteiger partial charge in [-0.3, -0.25) is 24.0 Å². The molecule has 2 aromatic carbocycles. The number of carbonyl (C=O) groups is 4. The second-order valence-electron chi connectivity index (χ2n) is 15.6. The standard InChI is InChI=1S/C40H48N4O9/c1-42(2)31(46)17-12-25-10-7-11-26(20-25)23-44-34-37(48)50-30-22-39(34,35(53-44)33-32(30)51-40(52-33,27-13-14-27)28-15-16-28)38(49)43(3)29(36(47)41-18-19-45)21-24-8-5-4-6-9-24/h4-12,17,20,27-30,32-35,45H,13-16,18-19,21-23H2,1-3H3,(H,41,47)/t29-,30+,32+,33+,34+,35-,39+/m1/s1. The van der Waals surface area contributed by atoms with Crippen LogP contribution in [0.4, 0.5) is 0 Å². The van der Waals surface area contributed by atoms with E-state index >= 15 is 4.79 Å². The maximum absolute atomic E-state index is 15.4. The van der Waals surface area contributed by atoms with Crippen molar-refractivity contribution < 1.29 is 43.3 Å². The number of ether oxygens (including phenoxy) is 3. The van der Waals surface area contributed by atoms with E-state index in [0.717, 1.165) is 42.4 Å². The van der Waals surface area contributed by atoms with E-state index in [0.29, 0.717) is 0 Å². The molecule has 8 rings (SSSR count). The summed E-state index contributed by atoms with van der Waals surface area (Å²) in [6.07, 6.45) is 4.63. The number of nitrogens with one attached hydrogen (secondary N) is 1. The molecule has 3 heterocycles. The van der Waals surface area contributed by atoms with E-state index < -0.39 is 65.5 Å². The molecule has 282 valence electrons. The van der Waals surface area contributed by atoms with Crippen molar-refractivity contribution in [3.8, 4) is 0 Å². The van der Waals surface area contributed by atoms with E-state index in [4.69, 9.17) is 19.0 Å². The normalized spacial score (nSPS) is 30.4. The summed E-state index contributed by atoms with van der Waals surface area (Å²) >= 11 is 0. The van der Waals surface area contributed by atoms with E-state index in [1.165, 1.54) is 15.9 Å². The molecule has 0 spiro atoms. The lowest BCUT2D eigenvalue weighted by molar-refractivity contribution is -0.235. The molecule has 2 aromatic rings. The molecule has 2 bridgehead atoms. The number of amides is 3. The second-order valence-corrected chi connectivity index (χ2v) is 15.6. The van der Waals surface area contributed by atoms with Gasteiger partial charge in [-0.15, -0.1) is 0 Å². The predicted octanol–water partition coefficient (Wildman–Crippen LogP) is 2.07. The van der Waals surface area contributed by atoms with Gasteiger partial charge in [0.2, 0.25) is 17.7 Å². The molecular formula is C40H48N4O9. The van der Waals surface area contributed by atoms with Gasteiger partial charge in [-0.25, -0.2) is 0 Å². The molecule has 0 unspecified atom stereocenters. The van der Waals surface area contributed by atoms with Crippen LogP contribution in [0.2, 0.25) is 0 Å². The number of aliphatic hydroxyl groups excluding tert-OH is 1. The molecule has 2 N–H and O–H groups in total. The largest absolute Gasteiger partial charge is 0.458 e. The number of hydroxylamine groups is 2. The number of hydrogen-bond donors (Lipinski definition) is 2. The lowest BCUT2D eigenvalue weighted by atomic mass is 9.62. The lowest BCUT2D eigenvalue weighted by Crippen LogP contribution is -2.70. The highest BCUT2D eigenvalue weighted by Crippen LogP contribution is 2.64. The van der Waals surface area contributed by atoms with Crippen LogP contribution < -0.4 is 5.32 Å². The highest BCUT2D eigenvalue weighted by atomic mass is 16.8. The number of nitrogens with zero attached hydrogens (tertiary/aromatic N) is 3. The molecular weight excluding hydrogens is 680 g/mol. The smallest absolute Gasteiger partial charge is 0.327 e. The zero-order valence-electron chi connectivity index (χ0n) is 30.4. The molecule has 6 aliphatic rings. The molecule has 13 nitrogen and oxygen atoms in total. The predicted molar refractivity (Wildman–Crippen MR) is 190 cm³/mol. The summed E-state index contributed by atoms with van der Waals surface area (Å²) < 4.78 is 20.1. The van der Waals surface area contributed by atoms with Crippen LogP contribution in [0.25, 0.3) is 6.08 Å². The molecule has 3 amide bonds. The first kappa shape index (κ1) is 35.9. The second kappa shape index (κ2) is 13.9. The number of hydrogen-bond acceptors (Lipinski definition) is 10. The monoisotopic (exact) mass is 728 g/mol. The van der Waals surface area contributed by atoms with E-state index in [2.05, 4.69) is 5.32 Å². The van der Waals surface area contributed by atoms with Gasteiger partial charge in [0, 0.05) is 58.4 Å². The lowest BCUT2D eigenvalue weighted by Gasteiger charge is -2.50. The van der Waals surface area contributed by atoms with Crippen molar-refractivity contribution in [3.63, 3.8) is 0 Å². The van der Waals surface area contributed by atoms with Gasteiger partial charge in [0.05, 0.1) is 13.2 Å². The molecule has 53 heavy (non-hydrogen) atoms. The third-order valence-corrected chi connectivity index (χ3v) is 11.8. The van der Waals surface area contributed by atoms with Crippen molar-refractivity contribution >= 4 is 29.8 Å². The summed E-state index contributed by atoms with van der Waals surface area (Å²) in [4.78, 5) is 65.4. The van der Waals surface area contributed by atoms with E-state index in [1.54, 1.807) is 32.3 Å². The van der Waals surface area contributed by atoms with Gasteiger partial charge in [0.25, 0.3) is 0 Å².